The lowest BCUT2D eigenvalue weighted by molar-refractivity contribution is -0.119. The maximum absolute atomic E-state index is 11.8. The van der Waals surface area contributed by atoms with Crippen LogP contribution in [0.25, 0.3) is 0 Å². The molecule has 0 spiro atoms. The monoisotopic (exact) mass is 307 g/mol. The number of carbonyl (C=O) groups is 2. The summed E-state index contributed by atoms with van der Waals surface area (Å²) in [6, 6.07) is 7.14. The summed E-state index contributed by atoms with van der Waals surface area (Å²) in [5.41, 5.74) is 1.40. The van der Waals surface area contributed by atoms with E-state index in [0.29, 0.717) is 18.7 Å². The fourth-order valence-electron chi connectivity index (χ4n) is 1.77. The Hall–Kier alpha value is -2.08. The standard InChI is InChI=1S/C16H25N3O3/c1-12(2)19-16(21)13-5-7-14(8-6-13)18-11-15(20)17-9-4-10-22-3/h5-8,12,18H,4,9-11H2,1-3H3,(H,17,20)(H,19,21). The number of hydrogen-bond acceptors (Lipinski definition) is 4. The van der Waals surface area contributed by atoms with Crippen molar-refractivity contribution in [2.24, 2.45) is 0 Å². The smallest absolute Gasteiger partial charge is 0.251 e. The zero-order valence-electron chi connectivity index (χ0n) is 13.4. The molecule has 0 bridgehead atoms. The van der Waals surface area contributed by atoms with Crippen molar-refractivity contribution in [2.45, 2.75) is 26.3 Å². The molecule has 0 aliphatic carbocycles. The largest absolute Gasteiger partial charge is 0.385 e. The molecule has 3 N–H and O–H groups in total. The molecule has 0 saturated heterocycles. The van der Waals surface area contributed by atoms with Gasteiger partial charge in [-0.2, -0.15) is 0 Å². The van der Waals surface area contributed by atoms with Gasteiger partial charge in [-0.05, 0) is 44.5 Å². The number of hydrogen-bond donors (Lipinski definition) is 3. The van der Waals surface area contributed by atoms with Gasteiger partial charge < -0.3 is 20.7 Å². The van der Waals surface area contributed by atoms with Gasteiger partial charge in [-0.3, -0.25) is 9.59 Å². The van der Waals surface area contributed by atoms with Crippen LogP contribution in [0.2, 0.25) is 0 Å². The van der Waals surface area contributed by atoms with E-state index in [1.807, 2.05) is 13.8 Å². The predicted molar refractivity (Wildman–Crippen MR) is 87.0 cm³/mol. The first-order valence-electron chi connectivity index (χ1n) is 7.43. The highest BCUT2D eigenvalue weighted by Crippen LogP contribution is 2.09. The van der Waals surface area contributed by atoms with Crippen molar-refractivity contribution >= 4 is 17.5 Å². The van der Waals surface area contributed by atoms with Gasteiger partial charge in [-0.1, -0.05) is 0 Å². The molecule has 22 heavy (non-hydrogen) atoms. The van der Waals surface area contributed by atoms with Crippen LogP contribution in [0.5, 0.6) is 0 Å². The van der Waals surface area contributed by atoms with E-state index in [2.05, 4.69) is 16.0 Å². The van der Waals surface area contributed by atoms with E-state index in [1.54, 1.807) is 31.4 Å². The predicted octanol–water partition coefficient (Wildman–Crippen LogP) is 1.39. The zero-order valence-corrected chi connectivity index (χ0v) is 13.4. The topological polar surface area (TPSA) is 79.5 Å². The van der Waals surface area contributed by atoms with Gasteiger partial charge in [0.15, 0.2) is 0 Å². The number of carbonyl (C=O) groups excluding carboxylic acids is 2. The average molecular weight is 307 g/mol. The highest BCUT2D eigenvalue weighted by Gasteiger charge is 2.06. The Kier molecular flexibility index (Phi) is 7.99. The van der Waals surface area contributed by atoms with E-state index in [-0.39, 0.29) is 24.4 Å². The van der Waals surface area contributed by atoms with Crippen molar-refractivity contribution in [3.05, 3.63) is 29.8 Å². The van der Waals surface area contributed by atoms with E-state index < -0.39 is 0 Å². The number of benzene rings is 1. The lowest BCUT2D eigenvalue weighted by atomic mass is 10.2. The van der Waals surface area contributed by atoms with Crippen molar-refractivity contribution in [1.82, 2.24) is 10.6 Å². The lowest BCUT2D eigenvalue weighted by Gasteiger charge is -2.10. The van der Waals surface area contributed by atoms with Crippen LogP contribution < -0.4 is 16.0 Å². The molecule has 0 aliphatic heterocycles. The first kappa shape index (κ1) is 18.0. The molecule has 6 nitrogen and oxygen atoms in total. The Balaban J connectivity index is 2.35. The molecule has 1 aromatic rings. The Labute approximate surface area is 131 Å². The summed E-state index contributed by atoms with van der Waals surface area (Å²) in [7, 11) is 1.63. The van der Waals surface area contributed by atoms with E-state index >= 15 is 0 Å². The molecule has 0 unspecified atom stereocenters. The number of anilines is 1. The molecular weight excluding hydrogens is 282 g/mol. The highest BCUT2D eigenvalue weighted by atomic mass is 16.5. The van der Waals surface area contributed by atoms with Gasteiger partial charge in [-0.25, -0.2) is 0 Å². The molecule has 0 aliphatic rings. The molecule has 122 valence electrons. The van der Waals surface area contributed by atoms with Crippen LogP contribution in [0.1, 0.15) is 30.6 Å². The Morgan fingerprint density at radius 1 is 1.18 bits per heavy atom. The van der Waals surface area contributed by atoms with Crippen LogP contribution in [-0.4, -0.2) is 44.7 Å². The van der Waals surface area contributed by atoms with Crippen molar-refractivity contribution in [2.75, 3.05) is 32.1 Å². The molecule has 0 fully saturated rings. The minimum absolute atomic E-state index is 0.0715. The highest BCUT2D eigenvalue weighted by molar-refractivity contribution is 5.94. The first-order chi connectivity index (χ1) is 10.5. The van der Waals surface area contributed by atoms with Crippen LogP contribution in [0.4, 0.5) is 5.69 Å². The van der Waals surface area contributed by atoms with Gasteiger partial charge in [0.05, 0.1) is 6.54 Å². The second-order valence-corrected chi connectivity index (χ2v) is 5.26. The number of nitrogens with one attached hydrogen (secondary N) is 3. The van der Waals surface area contributed by atoms with Crippen molar-refractivity contribution < 1.29 is 14.3 Å². The van der Waals surface area contributed by atoms with Gasteiger partial charge in [0.25, 0.3) is 5.91 Å². The summed E-state index contributed by atoms with van der Waals surface area (Å²) in [5.74, 6) is -0.171. The molecule has 0 heterocycles. The molecule has 2 amide bonds. The molecular formula is C16H25N3O3. The quantitative estimate of drug-likeness (QED) is 0.602. The number of rotatable bonds is 9. The Bertz CT molecular complexity index is 472. The first-order valence-corrected chi connectivity index (χ1v) is 7.43. The van der Waals surface area contributed by atoms with E-state index in [4.69, 9.17) is 4.74 Å². The van der Waals surface area contributed by atoms with Crippen LogP contribution in [-0.2, 0) is 9.53 Å². The fraction of sp³-hybridized carbons (Fsp3) is 0.500. The molecule has 0 radical (unpaired) electrons. The maximum atomic E-state index is 11.8. The molecule has 1 rings (SSSR count). The van der Waals surface area contributed by atoms with Crippen LogP contribution in [0, 0.1) is 0 Å². The van der Waals surface area contributed by atoms with Gasteiger partial charge in [-0.15, -0.1) is 0 Å². The third-order valence-electron chi connectivity index (χ3n) is 2.87. The summed E-state index contributed by atoms with van der Waals surface area (Å²) in [4.78, 5) is 23.4. The van der Waals surface area contributed by atoms with Crippen LogP contribution in [0.15, 0.2) is 24.3 Å². The second kappa shape index (κ2) is 9.78. The minimum atomic E-state index is -0.0996. The van der Waals surface area contributed by atoms with Crippen LogP contribution in [0.3, 0.4) is 0 Å². The third-order valence-corrected chi connectivity index (χ3v) is 2.87. The van der Waals surface area contributed by atoms with Crippen molar-refractivity contribution in [3.8, 4) is 0 Å². The number of methoxy groups -OCH3 is 1. The molecule has 0 aromatic heterocycles. The van der Waals surface area contributed by atoms with Crippen molar-refractivity contribution in [3.63, 3.8) is 0 Å². The van der Waals surface area contributed by atoms with Gasteiger partial charge >= 0.3 is 0 Å². The summed E-state index contributed by atoms with van der Waals surface area (Å²) in [5, 5.41) is 8.64. The lowest BCUT2D eigenvalue weighted by Crippen LogP contribution is -2.31. The Morgan fingerprint density at radius 3 is 2.45 bits per heavy atom. The van der Waals surface area contributed by atoms with Gasteiger partial charge in [0.1, 0.15) is 0 Å². The average Bonchev–Trinajstić information content (AvgIpc) is 2.49. The minimum Gasteiger partial charge on any atom is -0.385 e. The maximum Gasteiger partial charge on any atom is 0.251 e. The molecule has 1 aromatic carbocycles. The summed E-state index contributed by atoms with van der Waals surface area (Å²) < 4.78 is 4.91. The van der Waals surface area contributed by atoms with E-state index in [1.165, 1.54) is 0 Å². The summed E-state index contributed by atoms with van der Waals surface area (Å²) in [6.45, 7) is 5.26. The second-order valence-electron chi connectivity index (χ2n) is 5.26. The summed E-state index contributed by atoms with van der Waals surface area (Å²) >= 11 is 0. The molecule has 0 atom stereocenters. The van der Waals surface area contributed by atoms with Crippen LogP contribution >= 0.6 is 0 Å². The Morgan fingerprint density at radius 2 is 1.86 bits per heavy atom. The van der Waals surface area contributed by atoms with E-state index in [0.717, 1.165) is 12.1 Å². The van der Waals surface area contributed by atoms with Gasteiger partial charge in [0, 0.05) is 37.6 Å². The normalized spacial score (nSPS) is 10.4. The summed E-state index contributed by atoms with van der Waals surface area (Å²) in [6.07, 6.45) is 0.794. The molecule has 6 heteroatoms. The number of ether oxygens (including phenoxy) is 1. The zero-order chi connectivity index (χ0) is 16.4. The van der Waals surface area contributed by atoms with Gasteiger partial charge in [0.2, 0.25) is 5.91 Å². The molecule has 0 saturated carbocycles. The van der Waals surface area contributed by atoms with E-state index in [9.17, 15) is 9.59 Å². The fourth-order valence-corrected chi connectivity index (χ4v) is 1.77. The SMILES string of the molecule is COCCCNC(=O)CNc1ccc(C(=O)NC(C)C)cc1. The number of amides is 2. The van der Waals surface area contributed by atoms with Crippen molar-refractivity contribution in [1.29, 1.82) is 0 Å². The third kappa shape index (κ3) is 7.08.